The average molecular weight is 311 g/mol. The lowest BCUT2D eigenvalue weighted by molar-refractivity contribution is -0.140. The second-order valence-corrected chi connectivity index (χ2v) is 4.49. The molecule has 0 atom stereocenters. The van der Waals surface area contributed by atoms with Crippen molar-refractivity contribution in [1.29, 1.82) is 0 Å². The molecular formula is C13H9F4N5. The Morgan fingerprint density at radius 1 is 1.14 bits per heavy atom. The van der Waals surface area contributed by atoms with E-state index in [1.54, 1.807) is 0 Å². The first-order valence-corrected chi connectivity index (χ1v) is 6.19. The van der Waals surface area contributed by atoms with Crippen molar-refractivity contribution in [2.24, 2.45) is 0 Å². The lowest BCUT2D eigenvalue weighted by Gasteiger charge is -2.11. The lowest BCUT2D eigenvalue weighted by Crippen LogP contribution is -2.10. The normalized spacial score (nSPS) is 11.8. The van der Waals surface area contributed by atoms with Gasteiger partial charge in [0.25, 0.3) is 0 Å². The van der Waals surface area contributed by atoms with Gasteiger partial charge in [-0.1, -0.05) is 6.07 Å². The number of nitrogens with one attached hydrogen (secondary N) is 2. The fourth-order valence-corrected chi connectivity index (χ4v) is 1.98. The van der Waals surface area contributed by atoms with Crippen LogP contribution in [0.5, 0.6) is 0 Å². The summed E-state index contributed by atoms with van der Waals surface area (Å²) in [7, 11) is 0. The van der Waals surface area contributed by atoms with Crippen LogP contribution in [0.25, 0.3) is 11.2 Å². The highest BCUT2D eigenvalue weighted by Crippen LogP contribution is 2.32. The van der Waals surface area contributed by atoms with Gasteiger partial charge in [-0.3, -0.25) is 0 Å². The molecule has 3 aromatic rings. The van der Waals surface area contributed by atoms with Crippen molar-refractivity contribution < 1.29 is 17.6 Å². The lowest BCUT2D eigenvalue weighted by atomic mass is 10.1. The molecule has 114 valence electrons. The van der Waals surface area contributed by atoms with E-state index in [0.29, 0.717) is 17.0 Å². The number of imidazole rings is 1. The van der Waals surface area contributed by atoms with E-state index in [-0.39, 0.29) is 12.1 Å². The summed E-state index contributed by atoms with van der Waals surface area (Å²) in [5.41, 5.74) is -0.0329. The molecule has 3 rings (SSSR count). The SMILES string of the molecule is Fc1ccc(CNc2ncnc3nc[nH]c23)cc1C(F)(F)F. The average Bonchev–Trinajstić information content (AvgIpc) is 2.94. The van der Waals surface area contributed by atoms with Crippen molar-refractivity contribution in [2.45, 2.75) is 12.7 Å². The molecule has 0 fully saturated rings. The fourth-order valence-electron chi connectivity index (χ4n) is 1.98. The van der Waals surface area contributed by atoms with Gasteiger partial charge in [0, 0.05) is 6.54 Å². The van der Waals surface area contributed by atoms with Crippen molar-refractivity contribution in [1.82, 2.24) is 19.9 Å². The Morgan fingerprint density at radius 3 is 2.73 bits per heavy atom. The molecule has 2 heterocycles. The summed E-state index contributed by atoms with van der Waals surface area (Å²) >= 11 is 0. The first-order valence-electron chi connectivity index (χ1n) is 6.19. The summed E-state index contributed by atoms with van der Waals surface area (Å²) in [6.45, 7) is 0.0501. The highest BCUT2D eigenvalue weighted by atomic mass is 19.4. The standard InChI is InChI=1S/C13H9F4N5/c14-9-2-1-7(3-8(9)13(15,16)17)4-18-11-10-12(20-5-19-10)22-6-21-11/h1-3,5-6H,4H2,(H2,18,19,20,21,22). The summed E-state index contributed by atoms with van der Waals surface area (Å²) in [6, 6.07) is 2.85. The molecule has 0 aliphatic rings. The van der Waals surface area contributed by atoms with Crippen molar-refractivity contribution in [3.8, 4) is 0 Å². The van der Waals surface area contributed by atoms with Gasteiger partial charge in [-0.25, -0.2) is 19.3 Å². The number of halogens is 4. The number of aromatic amines is 1. The molecule has 0 bridgehead atoms. The fraction of sp³-hybridized carbons (Fsp3) is 0.154. The molecule has 0 unspecified atom stereocenters. The van der Waals surface area contributed by atoms with Crippen LogP contribution in [0.15, 0.2) is 30.9 Å². The minimum absolute atomic E-state index is 0.0501. The highest BCUT2D eigenvalue weighted by Gasteiger charge is 2.34. The zero-order valence-corrected chi connectivity index (χ0v) is 10.9. The number of anilines is 1. The molecule has 0 aliphatic heterocycles. The third-order valence-electron chi connectivity index (χ3n) is 3.02. The number of nitrogens with zero attached hydrogens (tertiary/aromatic N) is 3. The number of hydrogen-bond donors (Lipinski definition) is 2. The van der Waals surface area contributed by atoms with Crippen LogP contribution in [0.4, 0.5) is 23.4 Å². The zero-order chi connectivity index (χ0) is 15.7. The number of rotatable bonds is 3. The Balaban J connectivity index is 1.84. The van der Waals surface area contributed by atoms with E-state index in [1.165, 1.54) is 18.7 Å². The summed E-state index contributed by atoms with van der Waals surface area (Å²) in [6.07, 6.45) is -2.01. The minimum Gasteiger partial charge on any atom is -0.364 e. The van der Waals surface area contributed by atoms with Gasteiger partial charge in [-0.2, -0.15) is 13.2 Å². The molecule has 0 aliphatic carbocycles. The molecule has 22 heavy (non-hydrogen) atoms. The molecular weight excluding hydrogens is 302 g/mol. The third kappa shape index (κ3) is 2.69. The van der Waals surface area contributed by atoms with Crippen LogP contribution in [0.2, 0.25) is 0 Å². The molecule has 0 saturated carbocycles. The van der Waals surface area contributed by atoms with E-state index < -0.39 is 17.6 Å². The maximum atomic E-state index is 13.2. The number of fused-ring (bicyclic) bond motifs is 1. The first kappa shape index (κ1) is 14.2. The van der Waals surface area contributed by atoms with E-state index in [0.717, 1.165) is 12.1 Å². The molecule has 0 radical (unpaired) electrons. The van der Waals surface area contributed by atoms with Gasteiger partial charge >= 0.3 is 6.18 Å². The van der Waals surface area contributed by atoms with Gasteiger partial charge in [0.2, 0.25) is 0 Å². The van der Waals surface area contributed by atoms with Crippen LogP contribution in [0.1, 0.15) is 11.1 Å². The van der Waals surface area contributed by atoms with E-state index in [1.807, 2.05) is 0 Å². The Kier molecular flexibility index (Phi) is 3.39. The van der Waals surface area contributed by atoms with Crippen molar-refractivity contribution >= 4 is 17.0 Å². The van der Waals surface area contributed by atoms with E-state index in [2.05, 4.69) is 25.3 Å². The summed E-state index contributed by atoms with van der Waals surface area (Å²) < 4.78 is 51.2. The molecule has 9 heteroatoms. The summed E-state index contributed by atoms with van der Waals surface area (Å²) in [5.74, 6) is -0.894. The molecule has 5 nitrogen and oxygen atoms in total. The number of alkyl halides is 3. The molecule has 2 N–H and O–H groups in total. The van der Waals surface area contributed by atoms with Crippen LogP contribution in [0, 0.1) is 5.82 Å². The van der Waals surface area contributed by atoms with Crippen LogP contribution in [0.3, 0.4) is 0 Å². The Bertz CT molecular complexity index is 812. The monoisotopic (exact) mass is 311 g/mol. The highest BCUT2D eigenvalue weighted by molar-refractivity contribution is 5.81. The summed E-state index contributed by atoms with van der Waals surface area (Å²) in [5, 5.41) is 2.88. The Labute approximate surface area is 121 Å². The van der Waals surface area contributed by atoms with Crippen LogP contribution < -0.4 is 5.32 Å². The van der Waals surface area contributed by atoms with Gasteiger partial charge in [0.1, 0.15) is 17.7 Å². The van der Waals surface area contributed by atoms with Gasteiger partial charge in [0.15, 0.2) is 11.5 Å². The quantitative estimate of drug-likeness (QED) is 0.729. The smallest absolute Gasteiger partial charge is 0.364 e. The number of H-pyrrole nitrogens is 1. The second kappa shape index (κ2) is 5.24. The number of hydrogen-bond acceptors (Lipinski definition) is 4. The molecule has 1 aromatic carbocycles. The van der Waals surface area contributed by atoms with Gasteiger partial charge < -0.3 is 10.3 Å². The van der Waals surface area contributed by atoms with Gasteiger partial charge in [0.05, 0.1) is 11.9 Å². The minimum atomic E-state index is -4.73. The van der Waals surface area contributed by atoms with E-state index in [9.17, 15) is 17.6 Å². The summed E-state index contributed by atoms with van der Waals surface area (Å²) in [4.78, 5) is 14.7. The Morgan fingerprint density at radius 2 is 1.95 bits per heavy atom. The van der Waals surface area contributed by atoms with E-state index >= 15 is 0 Å². The van der Waals surface area contributed by atoms with Gasteiger partial charge in [-0.05, 0) is 17.7 Å². The Hall–Kier alpha value is -2.71. The van der Waals surface area contributed by atoms with Gasteiger partial charge in [-0.15, -0.1) is 0 Å². The first-order chi connectivity index (χ1) is 10.4. The maximum absolute atomic E-state index is 13.2. The largest absolute Gasteiger partial charge is 0.419 e. The van der Waals surface area contributed by atoms with Crippen molar-refractivity contribution in [2.75, 3.05) is 5.32 Å². The molecule has 0 amide bonds. The zero-order valence-electron chi connectivity index (χ0n) is 10.9. The molecule has 2 aromatic heterocycles. The van der Waals surface area contributed by atoms with E-state index in [4.69, 9.17) is 0 Å². The van der Waals surface area contributed by atoms with Crippen LogP contribution in [-0.2, 0) is 12.7 Å². The molecule has 0 spiro atoms. The number of benzene rings is 1. The van der Waals surface area contributed by atoms with Crippen LogP contribution in [-0.4, -0.2) is 19.9 Å². The third-order valence-corrected chi connectivity index (χ3v) is 3.02. The topological polar surface area (TPSA) is 66.5 Å². The predicted octanol–water partition coefficient (Wildman–Crippen LogP) is 3.12. The number of aromatic nitrogens is 4. The van der Waals surface area contributed by atoms with Crippen LogP contribution >= 0.6 is 0 Å². The second-order valence-electron chi connectivity index (χ2n) is 4.49. The van der Waals surface area contributed by atoms with Crippen molar-refractivity contribution in [3.63, 3.8) is 0 Å². The molecule has 0 saturated heterocycles. The maximum Gasteiger partial charge on any atom is 0.419 e. The van der Waals surface area contributed by atoms with Crippen molar-refractivity contribution in [3.05, 3.63) is 47.8 Å². The predicted molar refractivity (Wildman–Crippen MR) is 70.4 cm³/mol.